The van der Waals surface area contributed by atoms with Crippen molar-refractivity contribution in [2.75, 3.05) is 31.1 Å². The zero-order valence-corrected chi connectivity index (χ0v) is 12.6. The van der Waals surface area contributed by atoms with Crippen LogP contribution in [0.15, 0.2) is 35.7 Å². The van der Waals surface area contributed by atoms with E-state index in [0.717, 1.165) is 37.8 Å². The lowest BCUT2D eigenvalue weighted by Crippen LogP contribution is -2.51. The SMILES string of the molecule is Cn1nccc1CN=C(N)N1CCN(c2ncccn2)CC1. The fourth-order valence-electron chi connectivity index (χ4n) is 2.41. The van der Waals surface area contributed by atoms with Crippen molar-refractivity contribution in [3.8, 4) is 0 Å². The minimum atomic E-state index is 0.546. The third-order valence-electron chi connectivity index (χ3n) is 3.76. The van der Waals surface area contributed by atoms with Crippen LogP contribution in [0.4, 0.5) is 5.95 Å². The van der Waals surface area contributed by atoms with E-state index < -0.39 is 0 Å². The average molecular weight is 300 g/mol. The number of nitrogens with two attached hydrogens (primary N) is 1. The van der Waals surface area contributed by atoms with Gasteiger partial charge in [0.25, 0.3) is 0 Å². The van der Waals surface area contributed by atoms with Gasteiger partial charge in [-0.1, -0.05) is 0 Å². The zero-order valence-electron chi connectivity index (χ0n) is 12.6. The van der Waals surface area contributed by atoms with Gasteiger partial charge in [0, 0.05) is 51.8 Å². The number of hydrogen-bond acceptors (Lipinski definition) is 5. The minimum Gasteiger partial charge on any atom is -0.370 e. The molecule has 0 aliphatic carbocycles. The summed E-state index contributed by atoms with van der Waals surface area (Å²) in [6.45, 7) is 3.86. The molecule has 8 nitrogen and oxygen atoms in total. The molecule has 3 heterocycles. The molecule has 2 aromatic rings. The van der Waals surface area contributed by atoms with E-state index in [1.165, 1.54) is 0 Å². The van der Waals surface area contributed by atoms with Crippen LogP contribution in [0.25, 0.3) is 0 Å². The van der Waals surface area contributed by atoms with Crippen LogP contribution in [-0.2, 0) is 13.6 Å². The van der Waals surface area contributed by atoms with Gasteiger partial charge in [-0.3, -0.25) is 4.68 Å². The normalized spacial score (nSPS) is 16.1. The van der Waals surface area contributed by atoms with E-state index in [9.17, 15) is 0 Å². The molecule has 116 valence electrons. The molecule has 22 heavy (non-hydrogen) atoms. The van der Waals surface area contributed by atoms with Crippen LogP contribution in [0.1, 0.15) is 5.69 Å². The molecule has 1 aliphatic rings. The number of anilines is 1. The molecule has 0 aromatic carbocycles. The molecular weight excluding hydrogens is 280 g/mol. The molecule has 0 spiro atoms. The third kappa shape index (κ3) is 3.16. The zero-order chi connectivity index (χ0) is 15.4. The second-order valence-electron chi connectivity index (χ2n) is 5.14. The molecule has 1 saturated heterocycles. The monoisotopic (exact) mass is 300 g/mol. The van der Waals surface area contributed by atoms with Gasteiger partial charge in [0.2, 0.25) is 5.95 Å². The van der Waals surface area contributed by atoms with Crippen molar-refractivity contribution in [2.24, 2.45) is 17.8 Å². The van der Waals surface area contributed by atoms with Crippen molar-refractivity contribution in [3.05, 3.63) is 36.4 Å². The first-order chi connectivity index (χ1) is 10.7. The van der Waals surface area contributed by atoms with Crippen LogP contribution < -0.4 is 10.6 Å². The van der Waals surface area contributed by atoms with Crippen LogP contribution in [0, 0.1) is 0 Å². The van der Waals surface area contributed by atoms with Gasteiger partial charge in [-0.05, 0) is 12.1 Å². The van der Waals surface area contributed by atoms with Crippen molar-refractivity contribution < 1.29 is 0 Å². The molecule has 1 fully saturated rings. The van der Waals surface area contributed by atoms with Gasteiger partial charge >= 0.3 is 0 Å². The number of nitrogens with zero attached hydrogens (tertiary/aromatic N) is 7. The maximum absolute atomic E-state index is 6.10. The van der Waals surface area contributed by atoms with E-state index in [0.29, 0.717) is 12.5 Å². The third-order valence-corrected chi connectivity index (χ3v) is 3.76. The fraction of sp³-hybridized carbons (Fsp3) is 0.429. The number of hydrogen-bond donors (Lipinski definition) is 1. The summed E-state index contributed by atoms with van der Waals surface area (Å²) >= 11 is 0. The van der Waals surface area contributed by atoms with Crippen molar-refractivity contribution in [2.45, 2.75) is 6.54 Å². The molecular formula is C14H20N8. The van der Waals surface area contributed by atoms with Crippen molar-refractivity contribution in [3.63, 3.8) is 0 Å². The second-order valence-corrected chi connectivity index (χ2v) is 5.14. The van der Waals surface area contributed by atoms with Gasteiger partial charge in [-0.2, -0.15) is 5.10 Å². The first-order valence-corrected chi connectivity index (χ1v) is 7.28. The summed E-state index contributed by atoms with van der Waals surface area (Å²) in [5, 5.41) is 4.12. The van der Waals surface area contributed by atoms with E-state index in [1.807, 2.05) is 23.9 Å². The highest BCUT2D eigenvalue weighted by molar-refractivity contribution is 5.78. The summed E-state index contributed by atoms with van der Waals surface area (Å²) in [7, 11) is 1.90. The summed E-state index contributed by atoms with van der Waals surface area (Å²) in [5.41, 5.74) is 7.14. The fourth-order valence-corrected chi connectivity index (χ4v) is 2.41. The highest BCUT2D eigenvalue weighted by Gasteiger charge is 2.19. The van der Waals surface area contributed by atoms with Crippen LogP contribution in [0.2, 0.25) is 0 Å². The minimum absolute atomic E-state index is 0.546. The maximum Gasteiger partial charge on any atom is 0.225 e. The highest BCUT2D eigenvalue weighted by Crippen LogP contribution is 2.09. The van der Waals surface area contributed by atoms with Gasteiger partial charge in [0.15, 0.2) is 5.96 Å². The van der Waals surface area contributed by atoms with E-state index in [2.05, 4.69) is 29.9 Å². The van der Waals surface area contributed by atoms with Gasteiger partial charge in [0.05, 0.1) is 12.2 Å². The Hall–Kier alpha value is -2.64. The number of guanidine groups is 1. The molecule has 8 heteroatoms. The van der Waals surface area contributed by atoms with E-state index in [1.54, 1.807) is 18.6 Å². The molecule has 1 aliphatic heterocycles. The largest absolute Gasteiger partial charge is 0.370 e. The second kappa shape index (κ2) is 6.42. The number of piperazine rings is 1. The molecule has 0 saturated carbocycles. The van der Waals surface area contributed by atoms with Crippen molar-refractivity contribution in [1.82, 2.24) is 24.6 Å². The Bertz CT molecular complexity index is 627. The lowest BCUT2D eigenvalue weighted by atomic mass is 10.3. The summed E-state index contributed by atoms with van der Waals surface area (Å²) in [5.74, 6) is 1.35. The predicted octanol–water partition coefficient (Wildman–Crippen LogP) is -0.153. The lowest BCUT2D eigenvalue weighted by molar-refractivity contribution is 0.378. The Labute approximate surface area is 129 Å². The first kappa shape index (κ1) is 14.3. The number of rotatable bonds is 3. The average Bonchev–Trinajstić information content (AvgIpc) is 2.99. The molecule has 2 aromatic heterocycles. The predicted molar refractivity (Wildman–Crippen MR) is 84.4 cm³/mol. The first-order valence-electron chi connectivity index (χ1n) is 7.28. The molecule has 0 bridgehead atoms. The van der Waals surface area contributed by atoms with Crippen LogP contribution in [0.5, 0.6) is 0 Å². The number of aryl methyl sites for hydroxylation is 1. The molecule has 3 rings (SSSR count). The Morgan fingerprint density at radius 2 is 1.91 bits per heavy atom. The number of aliphatic imine (C=N–C) groups is 1. The Kier molecular flexibility index (Phi) is 4.17. The Balaban J connectivity index is 1.55. The molecule has 0 amide bonds. The van der Waals surface area contributed by atoms with Gasteiger partial charge in [-0.15, -0.1) is 0 Å². The highest BCUT2D eigenvalue weighted by atomic mass is 15.4. The van der Waals surface area contributed by atoms with Crippen LogP contribution >= 0.6 is 0 Å². The molecule has 0 atom stereocenters. The number of aromatic nitrogens is 4. The summed E-state index contributed by atoms with van der Waals surface area (Å²) in [4.78, 5) is 17.3. The van der Waals surface area contributed by atoms with E-state index in [-0.39, 0.29) is 0 Å². The van der Waals surface area contributed by atoms with Gasteiger partial charge in [-0.25, -0.2) is 15.0 Å². The topological polar surface area (TPSA) is 88.5 Å². The summed E-state index contributed by atoms with van der Waals surface area (Å²) < 4.78 is 1.81. The Morgan fingerprint density at radius 1 is 1.18 bits per heavy atom. The smallest absolute Gasteiger partial charge is 0.225 e. The van der Waals surface area contributed by atoms with Crippen LogP contribution in [-0.4, -0.2) is 56.8 Å². The van der Waals surface area contributed by atoms with Gasteiger partial charge in [0.1, 0.15) is 0 Å². The Morgan fingerprint density at radius 3 is 2.55 bits per heavy atom. The summed E-state index contributed by atoms with van der Waals surface area (Å²) in [6, 6.07) is 3.77. The lowest BCUT2D eigenvalue weighted by Gasteiger charge is -2.35. The summed E-state index contributed by atoms with van der Waals surface area (Å²) in [6.07, 6.45) is 5.29. The molecule has 2 N–H and O–H groups in total. The van der Waals surface area contributed by atoms with Crippen molar-refractivity contribution >= 4 is 11.9 Å². The van der Waals surface area contributed by atoms with Crippen molar-refractivity contribution in [1.29, 1.82) is 0 Å². The van der Waals surface area contributed by atoms with Crippen LogP contribution in [0.3, 0.4) is 0 Å². The van der Waals surface area contributed by atoms with E-state index in [4.69, 9.17) is 5.73 Å². The standard InChI is InChI=1S/C14H20N8/c1-20-12(3-6-19-20)11-18-13(15)21-7-9-22(10-8-21)14-16-4-2-5-17-14/h2-6H,7-11H2,1H3,(H2,15,18). The van der Waals surface area contributed by atoms with Gasteiger partial charge < -0.3 is 15.5 Å². The maximum atomic E-state index is 6.10. The molecule has 0 radical (unpaired) electrons. The molecule has 0 unspecified atom stereocenters. The quantitative estimate of drug-likeness (QED) is 0.626. The van der Waals surface area contributed by atoms with E-state index >= 15 is 0 Å².